The highest BCUT2D eigenvalue weighted by molar-refractivity contribution is 5.44. The van der Waals surface area contributed by atoms with Crippen molar-refractivity contribution in [1.29, 1.82) is 0 Å². The van der Waals surface area contributed by atoms with Crippen LogP contribution in [0.1, 0.15) is 25.0 Å². The number of aliphatic hydroxyl groups is 1. The molecule has 0 saturated heterocycles. The largest absolute Gasteiger partial charge is 0.493 e. The first-order valence-electron chi connectivity index (χ1n) is 4.56. The van der Waals surface area contributed by atoms with Gasteiger partial charge in [0.15, 0.2) is 0 Å². The highest BCUT2D eigenvalue weighted by Crippen LogP contribution is 2.33. The standard InChI is InChI=1S/C11H14O2/c1-11(2,12)9-4-3-5-10-8(9)6-7-13-10/h3-5,12H,6-7H2,1-2H3. The zero-order valence-corrected chi connectivity index (χ0v) is 8.00. The second-order valence-electron chi connectivity index (χ2n) is 3.94. The van der Waals surface area contributed by atoms with E-state index in [0.717, 1.165) is 29.9 Å². The van der Waals surface area contributed by atoms with Crippen LogP contribution in [0.25, 0.3) is 0 Å². The maximum Gasteiger partial charge on any atom is 0.123 e. The van der Waals surface area contributed by atoms with Gasteiger partial charge in [0.25, 0.3) is 0 Å². The smallest absolute Gasteiger partial charge is 0.123 e. The summed E-state index contributed by atoms with van der Waals surface area (Å²) in [4.78, 5) is 0. The number of hydrogen-bond donors (Lipinski definition) is 1. The predicted octanol–water partition coefficient (Wildman–Crippen LogP) is 1.85. The molecule has 0 unspecified atom stereocenters. The van der Waals surface area contributed by atoms with Gasteiger partial charge < -0.3 is 9.84 Å². The average Bonchev–Trinajstić information content (AvgIpc) is 2.48. The summed E-state index contributed by atoms with van der Waals surface area (Å²) in [5.74, 6) is 0.930. The Morgan fingerprint density at radius 2 is 2.15 bits per heavy atom. The van der Waals surface area contributed by atoms with Gasteiger partial charge in [-0.05, 0) is 25.5 Å². The second kappa shape index (κ2) is 2.74. The fourth-order valence-electron chi connectivity index (χ4n) is 1.79. The zero-order chi connectivity index (χ0) is 9.47. The van der Waals surface area contributed by atoms with Crippen molar-refractivity contribution in [2.45, 2.75) is 25.9 Å². The molecule has 1 aromatic rings. The van der Waals surface area contributed by atoms with E-state index in [-0.39, 0.29) is 0 Å². The maximum atomic E-state index is 9.90. The first-order valence-corrected chi connectivity index (χ1v) is 4.56. The molecule has 1 N–H and O–H groups in total. The molecule has 0 bridgehead atoms. The highest BCUT2D eigenvalue weighted by Gasteiger charge is 2.24. The Morgan fingerprint density at radius 3 is 2.85 bits per heavy atom. The van der Waals surface area contributed by atoms with E-state index in [4.69, 9.17) is 4.74 Å². The van der Waals surface area contributed by atoms with Gasteiger partial charge in [0.2, 0.25) is 0 Å². The maximum absolute atomic E-state index is 9.90. The lowest BCUT2D eigenvalue weighted by Crippen LogP contribution is -2.17. The normalized spacial score (nSPS) is 15.3. The van der Waals surface area contributed by atoms with Crippen molar-refractivity contribution in [2.75, 3.05) is 6.61 Å². The fraction of sp³-hybridized carbons (Fsp3) is 0.455. The van der Waals surface area contributed by atoms with Crippen LogP contribution in [0, 0.1) is 0 Å². The van der Waals surface area contributed by atoms with Crippen molar-refractivity contribution in [3.05, 3.63) is 29.3 Å². The molecular formula is C11H14O2. The van der Waals surface area contributed by atoms with Gasteiger partial charge in [0.1, 0.15) is 5.75 Å². The molecular weight excluding hydrogens is 164 g/mol. The molecule has 2 nitrogen and oxygen atoms in total. The molecule has 13 heavy (non-hydrogen) atoms. The highest BCUT2D eigenvalue weighted by atomic mass is 16.5. The topological polar surface area (TPSA) is 29.5 Å². The van der Waals surface area contributed by atoms with Crippen LogP contribution in [0.15, 0.2) is 18.2 Å². The number of benzene rings is 1. The lowest BCUT2D eigenvalue weighted by molar-refractivity contribution is 0.0778. The van der Waals surface area contributed by atoms with E-state index >= 15 is 0 Å². The summed E-state index contributed by atoms with van der Waals surface area (Å²) in [6.07, 6.45) is 0.912. The van der Waals surface area contributed by atoms with Crippen molar-refractivity contribution in [3.63, 3.8) is 0 Å². The summed E-state index contributed by atoms with van der Waals surface area (Å²) < 4.78 is 5.42. The molecule has 70 valence electrons. The van der Waals surface area contributed by atoms with Crippen LogP contribution >= 0.6 is 0 Å². The van der Waals surface area contributed by atoms with Gasteiger partial charge in [0.05, 0.1) is 12.2 Å². The van der Waals surface area contributed by atoms with Crippen molar-refractivity contribution in [3.8, 4) is 5.75 Å². The van der Waals surface area contributed by atoms with Gasteiger partial charge in [-0.25, -0.2) is 0 Å². The van der Waals surface area contributed by atoms with E-state index in [1.807, 2.05) is 18.2 Å². The van der Waals surface area contributed by atoms with Crippen molar-refractivity contribution < 1.29 is 9.84 Å². The molecule has 1 aliphatic rings. The van der Waals surface area contributed by atoms with Crippen LogP contribution in [0.3, 0.4) is 0 Å². The minimum absolute atomic E-state index is 0.739. The molecule has 2 heteroatoms. The van der Waals surface area contributed by atoms with Crippen LogP contribution in [-0.2, 0) is 12.0 Å². The Morgan fingerprint density at radius 1 is 1.38 bits per heavy atom. The summed E-state index contributed by atoms with van der Waals surface area (Å²) in [5.41, 5.74) is 1.39. The van der Waals surface area contributed by atoms with Gasteiger partial charge >= 0.3 is 0 Å². The van der Waals surface area contributed by atoms with E-state index in [2.05, 4.69) is 0 Å². The molecule has 1 aliphatic heterocycles. The lowest BCUT2D eigenvalue weighted by Gasteiger charge is -2.20. The first-order chi connectivity index (χ1) is 6.09. The van der Waals surface area contributed by atoms with Gasteiger partial charge in [-0.3, -0.25) is 0 Å². The Kier molecular flexibility index (Phi) is 1.81. The lowest BCUT2D eigenvalue weighted by atomic mass is 9.92. The fourth-order valence-corrected chi connectivity index (χ4v) is 1.79. The summed E-state index contributed by atoms with van der Waals surface area (Å²) in [6, 6.07) is 5.85. The molecule has 1 heterocycles. The molecule has 0 aromatic heterocycles. The van der Waals surface area contributed by atoms with Crippen molar-refractivity contribution >= 4 is 0 Å². The molecule has 0 saturated carbocycles. The van der Waals surface area contributed by atoms with Crippen molar-refractivity contribution in [1.82, 2.24) is 0 Å². The average molecular weight is 178 g/mol. The van der Waals surface area contributed by atoms with E-state index in [0.29, 0.717) is 0 Å². The number of rotatable bonds is 1. The summed E-state index contributed by atoms with van der Waals surface area (Å²) in [5, 5.41) is 9.90. The summed E-state index contributed by atoms with van der Waals surface area (Å²) >= 11 is 0. The van der Waals surface area contributed by atoms with Gasteiger partial charge in [-0.15, -0.1) is 0 Å². The Balaban J connectivity index is 2.54. The molecule has 0 atom stereocenters. The quantitative estimate of drug-likeness (QED) is 0.711. The third-order valence-electron chi connectivity index (χ3n) is 2.40. The number of fused-ring (bicyclic) bond motifs is 1. The molecule has 0 spiro atoms. The Hall–Kier alpha value is -1.02. The second-order valence-corrected chi connectivity index (χ2v) is 3.94. The summed E-state index contributed by atoms with van der Waals surface area (Å²) in [7, 11) is 0. The van der Waals surface area contributed by atoms with Crippen LogP contribution in [-0.4, -0.2) is 11.7 Å². The third kappa shape index (κ3) is 1.42. The minimum atomic E-state index is -0.765. The molecule has 1 aromatic carbocycles. The monoisotopic (exact) mass is 178 g/mol. The molecule has 2 rings (SSSR count). The van der Waals surface area contributed by atoms with Crippen LogP contribution in [0.2, 0.25) is 0 Å². The number of hydrogen-bond acceptors (Lipinski definition) is 2. The molecule has 0 radical (unpaired) electrons. The molecule has 0 aliphatic carbocycles. The SMILES string of the molecule is CC(C)(O)c1cccc2c1CCO2. The van der Waals surface area contributed by atoms with Gasteiger partial charge in [-0.1, -0.05) is 12.1 Å². The van der Waals surface area contributed by atoms with Crippen molar-refractivity contribution in [2.24, 2.45) is 0 Å². The summed E-state index contributed by atoms with van der Waals surface area (Å²) in [6.45, 7) is 4.35. The predicted molar refractivity (Wildman–Crippen MR) is 50.9 cm³/mol. The molecule has 0 amide bonds. The zero-order valence-electron chi connectivity index (χ0n) is 8.00. The van der Waals surface area contributed by atoms with Crippen LogP contribution in [0.4, 0.5) is 0 Å². The van der Waals surface area contributed by atoms with Gasteiger partial charge in [0, 0.05) is 12.0 Å². The van der Waals surface area contributed by atoms with E-state index in [1.54, 1.807) is 13.8 Å². The van der Waals surface area contributed by atoms with Crippen LogP contribution < -0.4 is 4.74 Å². The Bertz CT molecular complexity index is 323. The first kappa shape index (κ1) is 8.57. The van der Waals surface area contributed by atoms with E-state index < -0.39 is 5.60 Å². The minimum Gasteiger partial charge on any atom is -0.493 e. The third-order valence-corrected chi connectivity index (χ3v) is 2.40. The Labute approximate surface area is 78.2 Å². The van der Waals surface area contributed by atoms with Gasteiger partial charge in [-0.2, -0.15) is 0 Å². The number of ether oxygens (including phenoxy) is 1. The van der Waals surface area contributed by atoms with E-state index in [9.17, 15) is 5.11 Å². The molecule has 0 fully saturated rings. The van der Waals surface area contributed by atoms with Crippen LogP contribution in [0.5, 0.6) is 5.75 Å². The van der Waals surface area contributed by atoms with E-state index in [1.165, 1.54) is 0 Å².